The molecule has 26 heavy (non-hydrogen) atoms. The minimum absolute atomic E-state index is 0. The highest BCUT2D eigenvalue weighted by Crippen LogP contribution is 2.12. The summed E-state index contributed by atoms with van der Waals surface area (Å²) < 4.78 is 13.8. The maximum absolute atomic E-state index is 13.8. The minimum atomic E-state index is -0.271. The highest BCUT2D eigenvalue weighted by Gasteiger charge is 2.13. The summed E-state index contributed by atoms with van der Waals surface area (Å²) in [6.07, 6.45) is 0. The lowest BCUT2D eigenvalue weighted by Gasteiger charge is -2.21. The predicted octanol–water partition coefficient (Wildman–Crippen LogP) is 2.09. The van der Waals surface area contributed by atoms with Gasteiger partial charge >= 0.3 is 0 Å². The maximum Gasteiger partial charge on any atom is 0.239 e. The Morgan fingerprint density at radius 1 is 1.23 bits per heavy atom. The number of rotatable bonds is 6. The molecule has 0 unspecified atom stereocenters. The Morgan fingerprint density at radius 3 is 2.42 bits per heavy atom. The van der Waals surface area contributed by atoms with Gasteiger partial charge in [0.2, 0.25) is 5.91 Å². The molecule has 0 saturated heterocycles. The second kappa shape index (κ2) is 11.3. The maximum atomic E-state index is 13.8. The first-order valence-corrected chi connectivity index (χ1v) is 8.28. The summed E-state index contributed by atoms with van der Waals surface area (Å²) >= 11 is 0. The van der Waals surface area contributed by atoms with Gasteiger partial charge in [-0.1, -0.05) is 6.07 Å². The topological polar surface area (TPSA) is 68.8 Å². The predicted molar refractivity (Wildman–Crippen MR) is 115 cm³/mol. The standard InChI is InChI=1S/C18H30FN5O.HI/c1-18(2,3)23-16(25)11-22-17(20-4)21-10-13-7-8-15(19)14(9-13)12-24(5)6;/h7-9H,10-12H2,1-6H3,(H,23,25)(H2,20,21,22);1H. The largest absolute Gasteiger partial charge is 0.352 e. The van der Waals surface area contributed by atoms with Crippen LogP contribution in [-0.2, 0) is 17.9 Å². The van der Waals surface area contributed by atoms with E-state index in [1.165, 1.54) is 6.07 Å². The third kappa shape index (κ3) is 9.91. The van der Waals surface area contributed by atoms with E-state index in [4.69, 9.17) is 0 Å². The van der Waals surface area contributed by atoms with Gasteiger partial charge in [0.15, 0.2) is 5.96 Å². The Bertz CT molecular complexity index is 614. The van der Waals surface area contributed by atoms with Gasteiger partial charge < -0.3 is 20.9 Å². The van der Waals surface area contributed by atoms with Crippen LogP contribution in [-0.4, -0.2) is 50.0 Å². The number of nitrogens with one attached hydrogen (secondary N) is 3. The average Bonchev–Trinajstić information content (AvgIpc) is 2.48. The molecule has 148 valence electrons. The van der Waals surface area contributed by atoms with Crippen molar-refractivity contribution in [2.24, 2.45) is 4.99 Å². The van der Waals surface area contributed by atoms with Crippen LogP contribution in [0, 0.1) is 5.82 Å². The molecule has 0 aliphatic heterocycles. The first kappa shape index (κ1) is 24.6. The fraction of sp³-hybridized carbons (Fsp3) is 0.556. The van der Waals surface area contributed by atoms with Gasteiger partial charge in [-0.2, -0.15) is 0 Å². The molecule has 0 atom stereocenters. The Balaban J connectivity index is 0.00000625. The molecule has 3 N–H and O–H groups in total. The van der Waals surface area contributed by atoms with E-state index in [0.717, 1.165) is 5.56 Å². The van der Waals surface area contributed by atoms with Crippen LogP contribution in [0.1, 0.15) is 31.9 Å². The molecule has 1 aromatic carbocycles. The van der Waals surface area contributed by atoms with Gasteiger partial charge in [0, 0.05) is 31.2 Å². The zero-order chi connectivity index (χ0) is 19.0. The van der Waals surface area contributed by atoms with Crippen molar-refractivity contribution in [2.45, 2.75) is 39.4 Å². The Hall–Kier alpha value is -1.42. The second-order valence-corrected chi connectivity index (χ2v) is 7.24. The van der Waals surface area contributed by atoms with E-state index in [2.05, 4.69) is 20.9 Å². The number of nitrogens with zero attached hydrogens (tertiary/aromatic N) is 2. The minimum Gasteiger partial charge on any atom is -0.352 e. The van der Waals surface area contributed by atoms with Crippen LogP contribution in [0.15, 0.2) is 23.2 Å². The van der Waals surface area contributed by atoms with Crippen molar-refractivity contribution in [1.29, 1.82) is 0 Å². The van der Waals surface area contributed by atoms with Crippen LogP contribution in [0.2, 0.25) is 0 Å². The van der Waals surface area contributed by atoms with Crippen LogP contribution in [0.4, 0.5) is 4.39 Å². The quantitative estimate of drug-likeness (QED) is 0.332. The summed E-state index contributed by atoms with van der Waals surface area (Å²) in [5, 5.41) is 8.97. The van der Waals surface area contributed by atoms with Crippen molar-refractivity contribution in [3.05, 3.63) is 35.1 Å². The molecule has 0 fully saturated rings. The smallest absolute Gasteiger partial charge is 0.239 e. The third-order valence-electron chi connectivity index (χ3n) is 3.21. The molecule has 0 heterocycles. The summed E-state index contributed by atoms with van der Waals surface area (Å²) in [6.45, 7) is 6.95. The fourth-order valence-corrected chi connectivity index (χ4v) is 2.23. The van der Waals surface area contributed by atoms with Crippen molar-refractivity contribution in [2.75, 3.05) is 27.7 Å². The van der Waals surface area contributed by atoms with Gasteiger partial charge in [-0.25, -0.2) is 4.39 Å². The number of amides is 1. The second-order valence-electron chi connectivity index (χ2n) is 7.24. The van der Waals surface area contributed by atoms with E-state index >= 15 is 0 Å². The van der Waals surface area contributed by atoms with Gasteiger partial charge in [-0.05, 0) is 52.6 Å². The lowest BCUT2D eigenvalue weighted by molar-refractivity contribution is -0.121. The molecule has 0 radical (unpaired) electrons. The Labute approximate surface area is 173 Å². The molecule has 0 saturated carbocycles. The van der Waals surface area contributed by atoms with Crippen LogP contribution >= 0.6 is 24.0 Å². The monoisotopic (exact) mass is 479 g/mol. The molecule has 1 aromatic rings. The zero-order valence-corrected chi connectivity index (χ0v) is 18.8. The molecule has 0 aromatic heterocycles. The van der Waals surface area contributed by atoms with Crippen molar-refractivity contribution in [1.82, 2.24) is 20.9 Å². The number of carbonyl (C=O) groups excluding carboxylic acids is 1. The summed E-state index contributed by atoms with van der Waals surface area (Å²) in [7, 11) is 5.44. The van der Waals surface area contributed by atoms with Crippen molar-refractivity contribution in [3.8, 4) is 0 Å². The molecule has 1 rings (SSSR count). The highest BCUT2D eigenvalue weighted by molar-refractivity contribution is 14.0. The van der Waals surface area contributed by atoms with E-state index in [1.54, 1.807) is 13.1 Å². The van der Waals surface area contributed by atoms with Crippen molar-refractivity contribution >= 4 is 35.8 Å². The Kier molecular flexibility index (Phi) is 10.7. The first-order valence-electron chi connectivity index (χ1n) is 8.28. The molecule has 0 spiro atoms. The van der Waals surface area contributed by atoms with Crippen molar-refractivity contribution in [3.63, 3.8) is 0 Å². The summed E-state index contributed by atoms with van der Waals surface area (Å²) in [6, 6.07) is 5.05. The lowest BCUT2D eigenvalue weighted by Crippen LogP contribution is -2.48. The fourth-order valence-electron chi connectivity index (χ4n) is 2.23. The molecule has 0 aliphatic carbocycles. The van der Waals surface area contributed by atoms with Crippen LogP contribution in [0.25, 0.3) is 0 Å². The number of guanidine groups is 1. The third-order valence-corrected chi connectivity index (χ3v) is 3.21. The SMILES string of the molecule is CN=C(NCC(=O)NC(C)(C)C)NCc1ccc(F)c(CN(C)C)c1.I. The van der Waals surface area contributed by atoms with Crippen molar-refractivity contribution < 1.29 is 9.18 Å². The molecule has 6 nitrogen and oxygen atoms in total. The molecule has 8 heteroatoms. The van der Waals surface area contributed by atoms with Gasteiger partial charge in [0.1, 0.15) is 5.82 Å². The summed E-state index contributed by atoms with van der Waals surface area (Å²) in [4.78, 5) is 17.8. The van der Waals surface area contributed by atoms with E-state index < -0.39 is 0 Å². The number of halogens is 2. The zero-order valence-electron chi connectivity index (χ0n) is 16.4. The number of aliphatic imine (C=N–C) groups is 1. The number of benzene rings is 1. The van der Waals surface area contributed by atoms with Crippen LogP contribution < -0.4 is 16.0 Å². The van der Waals surface area contributed by atoms with Gasteiger partial charge in [-0.3, -0.25) is 9.79 Å². The average molecular weight is 479 g/mol. The van der Waals surface area contributed by atoms with Gasteiger partial charge in [0.25, 0.3) is 0 Å². The summed E-state index contributed by atoms with van der Waals surface area (Å²) in [5.74, 6) is 0.201. The van der Waals surface area contributed by atoms with E-state index in [1.807, 2.05) is 45.8 Å². The normalized spacial score (nSPS) is 11.8. The number of hydrogen-bond acceptors (Lipinski definition) is 3. The van der Waals surface area contributed by atoms with Crippen LogP contribution in [0.5, 0.6) is 0 Å². The molecule has 0 bridgehead atoms. The summed E-state index contributed by atoms with van der Waals surface area (Å²) in [5.41, 5.74) is 1.32. The molecule has 0 aliphatic rings. The van der Waals surface area contributed by atoms with Gasteiger partial charge in [-0.15, -0.1) is 24.0 Å². The molecular weight excluding hydrogens is 448 g/mol. The highest BCUT2D eigenvalue weighted by atomic mass is 127. The van der Waals surface area contributed by atoms with E-state index in [0.29, 0.717) is 24.6 Å². The number of hydrogen-bond donors (Lipinski definition) is 3. The van der Waals surface area contributed by atoms with Crippen LogP contribution in [0.3, 0.4) is 0 Å². The first-order chi connectivity index (χ1) is 11.6. The van der Waals surface area contributed by atoms with Gasteiger partial charge in [0.05, 0.1) is 6.54 Å². The van der Waals surface area contributed by atoms with E-state index in [-0.39, 0.29) is 47.8 Å². The van der Waals surface area contributed by atoms with E-state index in [9.17, 15) is 9.18 Å². The molecule has 1 amide bonds. The lowest BCUT2D eigenvalue weighted by atomic mass is 10.1. The molecular formula is C18H31FIN5O. The Morgan fingerprint density at radius 2 is 1.88 bits per heavy atom. The number of carbonyl (C=O) groups is 1.